The normalized spacial score (nSPS) is 11.6. The number of carbonyl (C=O) groups is 1. The van der Waals surface area contributed by atoms with Crippen LogP contribution in [0.4, 0.5) is 5.82 Å². The van der Waals surface area contributed by atoms with Crippen molar-refractivity contribution in [2.24, 2.45) is 0 Å². The predicted molar refractivity (Wildman–Crippen MR) is 107 cm³/mol. The molecule has 2 heterocycles. The molecule has 8 heteroatoms. The van der Waals surface area contributed by atoms with Gasteiger partial charge in [0.05, 0.1) is 12.1 Å². The smallest absolute Gasteiger partial charge is 0.232 e. The minimum absolute atomic E-state index is 0.167. The van der Waals surface area contributed by atoms with Gasteiger partial charge in [0.15, 0.2) is 0 Å². The van der Waals surface area contributed by atoms with Crippen molar-refractivity contribution in [3.8, 4) is 22.9 Å². The van der Waals surface area contributed by atoms with E-state index in [1.165, 1.54) is 0 Å². The molecule has 4 aromatic rings. The summed E-state index contributed by atoms with van der Waals surface area (Å²) < 4.78 is 5.71. The van der Waals surface area contributed by atoms with Crippen molar-refractivity contribution >= 4 is 11.7 Å². The van der Waals surface area contributed by atoms with Gasteiger partial charge >= 0.3 is 0 Å². The molecule has 1 unspecified atom stereocenters. The Bertz CT molecular complexity index is 1080. The van der Waals surface area contributed by atoms with Gasteiger partial charge in [0, 0.05) is 5.56 Å². The molecule has 1 atom stereocenters. The second-order valence-corrected chi connectivity index (χ2v) is 6.37. The molecular formula is C21H18N6O2. The molecule has 0 spiro atoms. The molecule has 2 aromatic carbocycles. The number of pyridine rings is 1. The first-order valence-electron chi connectivity index (χ1n) is 9.02. The summed E-state index contributed by atoms with van der Waals surface area (Å²) >= 11 is 0. The Morgan fingerprint density at radius 2 is 1.90 bits per heavy atom. The lowest BCUT2D eigenvalue weighted by atomic mass is 9.98. The standard InChI is InChI=1S/C21H18N6O2/c1-14(15-6-5-7-16(12-15)20-24-26-27-25-20)21(28)23-19-11-10-18(13-22-19)29-17-8-3-2-4-9-17/h2-14H,1H3,(H,22,23,28)(H,24,25,26,27). The number of hydrogen-bond acceptors (Lipinski definition) is 6. The molecule has 4 rings (SSSR count). The minimum atomic E-state index is -0.385. The fourth-order valence-corrected chi connectivity index (χ4v) is 2.76. The highest BCUT2D eigenvalue weighted by Gasteiger charge is 2.17. The third kappa shape index (κ3) is 4.44. The van der Waals surface area contributed by atoms with Crippen LogP contribution in [0, 0.1) is 0 Å². The van der Waals surface area contributed by atoms with Gasteiger partial charge in [-0.2, -0.15) is 5.21 Å². The molecule has 0 saturated carbocycles. The Morgan fingerprint density at radius 1 is 1.03 bits per heavy atom. The van der Waals surface area contributed by atoms with E-state index in [0.29, 0.717) is 17.4 Å². The molecule has 0 saturated heterocycles. The molecule has 0 aliphatic carbocycles. The fourth-order valence-electron chi connectivity index (χ4n) is 2.76. The summed E-state index contributed by atoms with van der Waals surface area (Å²) in [6.45, 7) is 1.83. The second kappa shape index (κ2) is 8.30. The van der Waals surface area contributed by atoms with Gasteiger partial charge in [-0.3, -0.25) is 4.79 Å². The van der Waals surface area contributed by atoms with E-state index in [-0.39, 0.29) is 11.8 Å². The first-order chi connectivity index (χ1) is 14.2. The molecule has 2 aromatic heterocycles. The molecule has 2 N–H and O–H groups in total. The van der Waals surface area contributed by atoms with Crippen molar-refractivity contribution in [1.82, 2.24) is 25.6 Å². The maximum Gasteiger partial charge on any atom is 0.232 e. The van der Waals surface area contributed by atoms with Crippen LogP contribution in [0.3, 0.4) is 0 Å². The number of ether oxygens (including phenoxy) is 1. The van der Waals surface area contributed by atoms with Crippen LogP contribution in [0.25, 0.3) is 11.4 Å². The zero-order valence-electron chi connectivity index (χ0n) is 15.6. The first kappa shape index (κ1) is 18.3. The number of aromatic nitrogens is 5. The predicted octanol–water partition coefficient (Wildman–Crippen LogP) is 3.80. The van der Waals surface area contributed by atoms with E-state index in [9.17, 15) is 4.79 Å². The van der Waals surface area contributed by atoms with E-state index in [1.54, 1.807) is 18.3 Å². The van der Waals surface area contributed by atoms with Crippen LogP contribution in [0.2, 0.25) is 0 Å². The highest BCUT2D eigenvalue weighted by Crippen LogP contribution is 2.24. The Kier molecular flexibility index (Phi) is 5.24. The Balaban J connectivity index is 1.42. The van der Waals surface area contributed by atoms with Crippen molar-refractivity contribution in [1.29, 1.82) is 0 Å². The third-order valence-corrected chi connectivity index (χ3v) is 4.35. The summed E-state index contributed by atoms with van der Waals surface area (Å²) in [4.78, 5) is 16.9. The number of tetrazole rings is 1. The second-order valence-electron chi connectivity index (χ2n) is 6.37. The number of H-pyrrole nitrogens is 1. The summed E-state index contributed by atoms with van der Waals surface area (Å²) in [5.41, 5.74) is 1.63. The number of para-hydroxylation sites is 1. The molecular weight excluding hydrogens is 368 g/mol. The summed E-state index contributed by atoms with van der Waals surface area (Å²) in [7, 11) is 0. The van der Waals surface area contributed by atoms with E-state index in [4.69, 9.17) is 4.74 Å². The molecule has 0 bridgehead atoms. The van der Waals surface area contributed by atoms with Gasteiger partial charge in [-0.15, -0.1) is 10.2 Å². The number of carbonyl (C=O) groups excluding carboxylic acids is 1. The maximum absolute atomic E-state index is 12.7. The van der Waals surface area contributed by atoms with Crippen molar-refractivity contribution in [2.75, 3.05) is 5.32 Å². The lowest BCUT2D eigenvalue weighted by molar-refractivity contribution is -0.117. The first-order valence-corrected chi connectivity index (χ1v) is 9.02. The molecule has 0 radical (unpaired) electrons. The van der Waals surface area contributed by atoms with Crippen LogP contribution >= 0.6 is 0 Å². The van der Waals surface area contributed by atoms with Gasteiger partial charge in [-0.25, -0.2) is 4.98 Å². The fraction of sp³-hybridized carbons (Fsp3) is 0.0952. The number of rotatable bonds is 6. The quantitative estimate of drug-likeness (QED) is 0.522. The average Bonchev–Trinajstić information content (AvgIpc) is 3.30. The van der Waals surface area contributed by atoms with E-state index in [0.717, 1.165) is 16.9 Å². The summed E-state index contributed by atoms with van der Waals surface area (Å²) in [6.07, 6.45) is 1.57. The van der Waals surface area contributed by atoms with Crippen LogP contribution in [0.5, 0.6) is 11.5 Å². The Morgan fingerprint density at radius 3 is 2.62 bits per heavy atom. The summed E-state index contributed by atoms with van der Waals surface area (Å²) in [6, 6.07) is 20.4. The van der Waals surface area contributed by atoms with E-state index < -0.39 is 0 Å². The van der Waals surface area contributed by atoms with E-state index in [2.05, 4.69) is 30.9 Å². The van der Waals surface area contributed by atoms with Crippen molar-refractivity contribution in [3.05, 3.63) is 78.5 Å². The molecule has 0 aliphatic heterocycles. The van der Waals surface area contributed by atoms with Crippen LogP contribution in [-0.2, 0) is 4.79 Å². The van der Waals surface area contributed by atoms with Gasteiger partial charge in [-0.1, -0.05) is 36.4 Å². The third-order valence-electron chi connectivity index (χ3n) is 4.35. The van der Waals surface area contributed by atoms with Crippen LogP contribution in [-0.4, -0.2) is 31.5 Å². The van der Waals surface area contributed by atoms with Crippen LogP contribution < -0.4 is 10.1 Å². The summed E-state index contributed by atoms with van der Waals surface area (Å²) in [5, 5.41) is 16.8. The Hall–Kier alpha value is -4.07. The monoisotopic (exact) mass is 386 g/mol. The SMILES string of the molecule is CC(C(=O)Nc1ccc(Oc2ccccc2)cn1)c1cccc(-c2nn[nH]n2)c1. The van der Waals surface area contributed by atoms with Crippen molar-refractivity contribution in [2.45, 2.75) is 12.8 Å². The topological polar surface area (TPSA) is 106 Å². The highest BCUT2D eigenvalue weighted by atomic mass is 16.5. The summed E-state index contributed by atoms with van der Waals surface area (Å²) in [5.74, 6) is 1.70. The van der Waals surface area contributed by atoms with Crippen molar-refractivity contribution in [3.63, 3.8) is 0 Å². The lowest BCUT2D eigenvalue weighted by Crippen LogP contribution is -2.19. The van der Waals surface area contributed by atoms with Crippen molar-refractivity contribution < 1.29 is 9.53 Å². The molecule has 0 aliphatic rings. The van der Waals surface area contributed by atoms with Gasteiger partial charge < -0.3 is 10.1 Å². The van der Waals surface area contributed by atoms with Crippen LogP contribution in [0.1, 0.15) is 18.4 Å². The number of nitrogens with zero attached hydrogens (tertiary/aromatic N) is 4. The van der Waals surface area contributed by atoms with Gasteiger partial charge in [0.2, 0.25) is 11.7 Å². The molecule has 1 amide bonds. The molecule has 0 fully saturated rings. The minimum Gasteiger partial charge on any atom is -0.456 e. The largest absolute Gasteiger partial charge is 0.456 e. The number of hydrogen-bond donors (Lipinski definition) is 2. The Labute approximate surface area is 167 Å². The number of aromatic amines is 1. The zero-order valence-corrected chi connectivity index (χ0v) is 15.6. The zero-order chi connectivity index (χ0) is 20.1. The molecule has 29 heavy (non-hydrogen) atoms. The van der Waals surface area contributed by atoms with E-state index in [1.807, 2.05) is 61.5 Å². The van der Waals surface area contributed by atoms with Gasteiger partial charge in [0.25, 0.3) is 0 Å². The number of amides is 1. The van der Waals surface area contributed by atoms with Gasteiger partial charge in [0.1, 0.15) is 17.3 Å². The highest BCUT2D eigenvalue weighted by molar-refractivity contribution is 5.95. The number of anilines is 1. The molecule has 8 nitrogen and oxygen atoms in total. The lowest BCUT2D eigenvalue weighted by Gasteiger charge is -2.13. The molecule has 144 valence electrons. The van der Waals surface area contributed by atoms with Gasteiger partial charge in [-0.05, 0) is 48.0 Å². The van der Waals surface area contributed by atoms with E-state index >= 15 is 0 Å². The van der Waals surface area contributed by atoms with Crippen LogP contribution in [0.15, 0.2) is 72.9 Å². The number of nitrogens with one attached hydrogen (secondary N) is 2. The number of benzene rings is 2. The average molecular weight is 386 g/mol. The maximum atomic E-state index is 12.7.